The maximum atomic E-state index is 4.22. The largest absolute Gasteiger partial charge is 0.365 e. The van der Waals surface area contributed by atoms with Crippen LogP contribution in [0.25, 0.3) is 0 Å². The van der Waals surface area contributed by atoms with Crippen molar-refractivity contribution in [3.8, 4) is 0 Å². The fraction of sp³-hybridized carbons (Fsp3) is 0.500. The fourth-order valence-electron chi connectivity index (χ4n) is 1.37. The lowest BCUT2D eigenvalue weighted by molar-refractivity contribution is 0.629. The zero-order valence-corrected chi connectivity index (χ0v) is 8.70. The van der Waals surface area contributed by atoms with E-state index in [1.165, 1.54) is 0 Å². The molecule has 0 unspecified atom stereocenters. The molecule has 0 aliphatic carbocycles. The minimum atomic E-state index is 0.0125. The number of anilines is 1. The van der Waals surface area contributed by atoms with Crippen molar-refractivity contribution in [1.82, 2.24) is 9.97 Å². The second-order valence-electron chi connectivity index (χ2n) is 4.43. The van der Waals surface area contributed by atoms with Crippen LogP contribution in [0.1, 0.15) is 32.0 Å². The molecule has 2 rings (SSSR count). The molecule has 1 aromatic heterocycles. The number of rotatable bonds is 1. The lowest BCUT2D eigenvalue weighted by Crippen LogP contribution is -2.27. The van der Waals surface area contributed by atoms with Gasteiger partial charge in [0.05, 0.1) is 17.8 Å². The Hall–Kier alpha value is -1.45. The molecule has 1 aromatic rings. The van der Waals surface area contributed by atoms with Crippen molar-refractivity contribution in [2.75, 3.05) is 5.32 Å². The van der Waals surface area contributed by atoms with Gasteiger partial charge in [-0.3, -0.25) is 4.99 Å². The maximum Gasteiger partial charge on any atom is 0.138 e. The molecule has 0 spiro atoms. The molecule has 1 N–H and O–H groups in total. The van der Waals surface area contributed by atoms with Crippen LogP contribution in [0.5, 0.6) is 0 Å². The van der Waals surface area contributed by atoms with Gasteiger partial charge in [-0.25, -0.2) is 9.97 Å². The molecule has 0 radical (unpaired) electrons. The van der Waals surface area contributed by atoms with Crippen molar-refractivity contribution in [3.63, 3.8) is 0 Å². The minimum Gasteiger partial charge on any atom is -0.365 e. The third-order valence-corrected chi connectivity index (χ3v) is 1.92. The molecule has 4 heteroatoms. The van der Waals surface area contributed by atoms with Gasteiger partial charge in [0, 0.05) is 11.8 Å². The summed E-state index contributed by atoms with van der Waals surface area (Å²) in [7, 11) is 0. The van der Waals surface area contributed by atoms with Gasteiger partial charge in [0.25, 0.3) is 0 Å². The Morgan fingerprint density at radius 2 is 2.07 bits per heavy atom. The van der Waals surface area contributed by atoms with Gasteiger partial charge >= 0.3 is 0 Å². The summed E-state index contributed by atoms with van der Waals surface area (Å²) in [5, 5.41) is 3.34. The number of fused-ring (bicyclic) bond motifs is 1. The first kappa shape index (κ1) is 9.12. The number of nitrogens with one attached hydrogen (secondary N) is 1. The lowest BCUT2D eigenvalue weighted by atomic mass is 10.1. The smallest absolute Gasteiger partial charge is 0.138 e. The highest BCUT2D eigenvalue weighted by Crippen LogP contribution is 2.21. The van der Waals surface area contributed by atoms with E-state index in [4.69, 9.17) is 0 Å². The molecule has 1 aliphatic heterocycles. The quantitative estimate of drug-likeness (QED) is 0.732. The Bertz CT molecular complexity index is 376. The topological polar surface area (TPSA) is 50.2 Å². The van der Waals surface area contributed by atoms with Crippen LogP contribution in [-0.4, -0.2) is 21.7 Å². The molecule has 2 heterocycles. The van der Waals surface area contributed by atoms with Gasteiger partial charge in [0.2, 0.25) is 0 Å². The zero-order chi connectivity index (χ0) is 10.2. The van der Waals surface area contributed by atoms with Crippen LogP contribution in [0.4, 0.5) is 5.82 Å². The second kappa shape index (κ2) is 3.04. The highest BCUT2D eigenvalue weighted by atomic mass is 15.1. The van der Waals surface area contributed by atoms with Gasteiger partial charge in [0.15, 0.2) is 0 Å². The predicted molar refractivity (Wildman–Crippen MR) is 56.7 cm³/mol. The van der Waals surface area contributed by atoms with Crippen molar-refractivity contribution in [1.29, 1.82) is 0 Å². The third kappa shape index (κ3) is 1.73. The van der Waals surface area contributed by atoms with Crippen LogP contribution >= 0.6 is 0 Å². The standard InChI is InChI=1S/C10H14N4/c1-10(2,3)14-9-7-4-11-5-8(7)12-6-13-9/h4,6H,5H2,1-3H3,(H,12,13,14). The average Bonchev–Trinajstić information content (AvgIpc) is 2.49. The molecule has 4 nitrogen and oxygen atoms in total. The summed E-state index contributed by atoms with van der Waals surface area (Å²) in [5.74, 6) is 0.878. The Morgan fingerprint density at radius 1 is 1.29 bits per heavy atom. The van der Waals surface area contributed by atoms with Crippen molar-refractivity contribution >= 4 is 12.0 Å². The highest BCUT2D eigenvalue weighted by molar-refractivity contribution is 5.89. The predicted octanol–water partition coefficient (Wildman–Crippen LogP) is 1.62. The van der Waals surface area contributed by atoms with E-state index in [9.17, 15) is 0 Å². The summed E-state index contributed by atoms with van der Waals surface area (Å²) in [4.78, 5) is 12.6. The van der Waals surface area contributed by atoms with Gasteiger partial charge in [-0.2, -0.15) is 0 Å². The SMILES string of the molecule is CC(C)(C)Nc1ncnc2c1C=NC2. The first-order valence-corrected chi connectivity index (χ1v) is 4.68. The van der Waals surface area contributed by atoms with E-state index >= 15 is 0 Å². The van der Waals surface area contributed by atoms with Gasteiger partial charge < -0.3 is 5.32 Å². The summed E-state index contributed by atoms with van der Waals surface area (Å²) in [6.45, 7) is 6.99. The van der Waals surface area contributed by atoms with E-state index in [1.54, 1.807) is 6.33 Å². The summed E-state index contributed by atoms with van der Waals surface area (Å²) in [6.07, 6.45) is 3.42. The Labute approximate surface area is 83.5 Å². The van der Waals surface area contributed by atoms with Crippen molar-refractivity contribution in [2.45, 2.75) is 32.9 Å². The molecular formula is C10H14N4. The maximum absolute atomic E-state index is 4.22. The van der Waals surface area contributed by atoms with Gasteiger partial charge in [0.1, 0.15) is 12.1 Å². The number of aliphatic imine (C=N–C) groups is 1. The summed E-state index contributed by atoms with van der Waals surface area (Å²) in [5.41, 5.74) is 2.05. The van der Waals surface area contributed by atoms with Crippen LogP contribution < -0.4 is 5.32 Å². The molecular weight excluding hydrogens is 176 g/mol. The first-order valence-electron chi connectivity index (χ1n) is 4.68. The summed E-state index contributed by atoms with van der Waals surface area (Å²) < 4.78 is 0. The molecule has 0 amide bonds. The molecule has 0 saturated carbocycles. The normalized spacial score (nSPS) is 14.2. The third-order valence-electron chi connectivity index (χ3n) is 1.92. The lowest BCUT2D eigenvalue weighted by Gasteiger charge is -2.22. The number of nitrogens with zero attached hydrogens (tertiary/aromatic N) is 3. The second-order valence-corrected chi connectivity index (χ2v) is 4.43. The van der Waals surface area contributed by atoms with Crippen LogP contribution in [0, 0.1) is 0 Å². The van der Waals surface area contributed by atoms with Crippen LogP contribution in [0.3, 0.4) is 0 Å². The van der Waals surface area contributed by atoms with Crippen molar-refractivity contribution in [3.05, 3.63) is 17.6 Å². The average molecular weight is 190 g/mol. The van der Waals surface area contributed by atoms with Gasteiger partial charge in [-0.05, 0) is 20.8 Å². The Morgan fingerprint density at radius 3 is 2.79 bits per heavy atom. The zero-order valence-electron chi connectivity index (χ0n) is 8.70. The summed E-state index contributed by atoms with van der Waals surface area (Å²) in [6, 6.07) is 0. The van der Waals surface area contributed by atoms with E-state index in [-0.39, 0.29) is 5.54 Å². The molecule has 74 valence electrons. The van der Waals surface area contributed by atoms with E-state index in [0.717, 1.165) is 17.1 Å². The fourth-order valence-corrected chi connectivity index (χ4v) is 1.37. The van der Waals surface area contributed by atoms with Crippen LogP contribution in [0.2, 0.25) is 0 Å². The van der Waals surface area contributed by atoms with E-state index in [0.29, 0.717) is 6.54 Å². The summed E-state index contributed by atoms with van der Waals surface area (Å²) >= 11 is 0. The molecule has 0 fully saturated rings. The molecule has 0 aromatic carbocycles. The molecule has 0 saturated heterocycles. The highest BCUT2D eigenvalue weighted by Gasteiger charge is 2.17. The van der Waals surface area contributed by atoms with Crippen LogP contribution in [0.15, 0.2) is 11.3 Å². The molecule has 0 bridgehead atoms. The van der Waals surface area contributed by atoms with E-state index in [2.05, 4.69) is 41.0 Å². The van der Waals surface area contributed by atoms with Gasteiger partial charge in [-0.1, -0.05) is 0 Å². The number of hydrogen-bond acceptors (Lipinski definition) is 4. The molecule has 1 aliphatic rings. The van der Waals surface area contributed by atoms with E-state index < -0.39 is 0 Å². The van der Waals surface area contributed by atoms with Crippen LogP contribution in [-0.2, 0) is 6.54 Å². The Balaban J connectivity index is 2.35. The molecule has 0 atom stereocenters. The van der Waals surface area contributed by atoms with Crippen molar-refractivity contribution < 1.29 is 0 Å². The molecule has 14 heavy (non-hydrogen) atoms. The first-order chi connectivity index (χ1) is 6.56. The Kier molecular flexibility index (Phi) is 1.98. The van der Waals surface area contributed by atoms with Gasteiger partial charge in [-0.15, -0.1) is 0 Å². The minimum absolute atomic E-state index is 0.0125. The number of aromatic nitrogens is 2. The van der Waals surface area contributed by atoms with E-state index in [1.807, 2.05) is 6.21 Å². The van der Waals surface area contributed by atoms with Crippen molar-refractivity contribution in [2.24, 2.45) is 4.99 Å². The monoisotopic (exact) mass is 190 g/mol. The number of hydrogen-bond donors (Lipinski definition) is 1.